The lowest BCUT2D eigenvalue weighted by atomic mass is 9.73. The number of nitrogens with zero attached hydrogens (tertiary/aromatic N) is 4. The van der Waals surface area contributed by atoms with Crippen molar-refractivity contribution in [2.24, 2.45) is 5.41 Å². The van der Waals surface area contributed by atoms with E-state index < -0.39 is 0 Å². The summed E-state index contributed by atoms with van der Waals surface area (Å²) in [5.41, 5.74) is 3.27. The Morgan fingerprint density at radius 2 is 1.83 bits per heavy atom. The highest BCUT2D eigenvalue weighted by atomic mass is 16.3. The zero-order chi connectivity index (χ0) is 20.2. The lowest BCUT2D eigenvalue weighted by Crippen LogP contribution is -2.36. The zero-order valence-electron chi connectivity index (χ0n) is 16.3. The van der Waals surface area contributed by atoms with Crippen molar-refractivity contribution in [3.63, 3.8) is 0 Å². The Kier molecular flexibility index (Phi) is 3.81. The van der Waals surface area contributed by atoms with Crippen molar-refractivity contribution in [2.45, 2.75) is 32.7 Å². The number of hydrogen-bond donors (Lipinski definition) is 2. The number of Topliss-reactive ketones (excluding diaryl/α,β-unsaturated/α-hetero) is 1. The average Bonchev–Trinajstić information content (AvgIpc) is 3.10. The number of allylic oxidation sites excluding steroid dienone is 2. The van der Waals surface area contributed by atoms with E-state index in [1.165, 1.54) is 0 Å². The van der Waals surface area contributed by atoms with Gasteiger partial charge in [0.25, 0.3) is 0 Å². The van der Waals surface area contributed by atoms with E-state index in [2.05, 4.69) is 24.1 Å². The quantitative estimate of drug-likeness (QED) is 0.696. The second-order valence-electron chi connectivity index (χ2n) is 8.39. The number of hydrogen-bond acceptors (Lipinski definition) is 6. The normalized spacial score (nSPS) is 20.1. The minimum Gasteiger partial charge on any atom is -0.508 e. The topological polar surface area (TPSA) is 92.9 Å². The monoisotopic (exact) mass is 387 g/mol. The summed E-state index contributed by atoms with van der Waals surface area (Å²) in [4.78, 5) is 21.9. The maximum Gasteiger partial charge on any atom is 0.226 e. The molecule has 0 spiro atoms. The molecule has 1 aliphatic carbocycles. The highest BCUT2D eigenvalue weighted by Gasteiger charge is 2.41. The van der Waals surface area contributed by atoms with Gasteiger partial charge in [0, 0.05) is 35.6 Å². The molecular formula is C22H21N5O2. The first-order chi connectivity index (χ1) is 13.9. The standard InChI is InChI=1S/C22H21N5O2/c1-22(2)11-16-18(17(29)12-22)19(13-3-5-15(28)6-4-13)27-21(24-16)25-20(26-27)14-7-9-23-10-8-14/h3-10,19,28H,11-12H2,1-2H3,(H,24,25,26). The van der Waals surface area contributed by atoms with E-state index in [4.69, 9.17) is 10.1 Å². The summed E-state index contributed by atoms with van der Waals surface area (Å²) >= 11 is 0. The molecule has 5 rings (SSSR count). The van der Waals surface area contributed by atoms with Crippen LogP contribution in [0.4, 0.5) is 5.95 Å². The van der Waals surface area contributed by atoms with Crippen molar-refractivity contribution < 1.29 is 9.90 Å². The van der Waals surface area contributed by atoms with Crippen LogP contribution in [0, 0.1) is 5.41 Å². The number of anilines is 1. The SMILES string of the molecule is CC1(C)CC(=O)C2=C(C1)Nc1nc(-c3ccncc3)nn1C2c1ccc(O)cc1. The largest absolute Gasteiger partial charge is 0.508 e. The van der Waals surface area contributed by atoms with Crippen molar-refractivity contribution >= 4 is 11.7 Å². The molecule has 1 aliphatic heterocycles. The lowest BCUT2D eigenvalue weighted by Gasteiger charge is -2.38. The van der Waals surface area contributed by atoms with Crippen LogP contribution in [0.1, 0.15) is 38.3 Å². The molecule has 3 heterocycles. The van der Waals surface area contributed by atoms with E-state index in [0.717, 1.165) is 28.8 Å². The van der Waals surface area contributed by atoms with Crippen LogP contribution in [-0.2, 0) is 4.79 Å². The van der Waals surface area contributed by atoms with Gasteiger partial charge in [-0.25, -0.2) is 4.68 Å². The van der Waals surface area contributed by atoms with Crippen molar-refractivity contribution in [3.8, 4) is 17.1 Å². The number of nitrogens with one attached hydrogen (secondary N) is 1. The molecule has 0 saturated heterocycles. The molecule has 2 N–H and O–H groups in total. The molecule has 7 heteroatoms. The van der Waals surface area contributed by atoms with Gasteiger partial charge in [-0.1, -0.05) is 26.0 Å². The van der Waals surface area contributed by atoms with Gasteiger partial charge in [-0.15, -0.1) is 5.10 Å². The molecule has 0 amide bonds. The summed E-state index contributed by atoms with van der Waals surface area (Å²) in [7, 11) is 0. The van der Waals surface area contributed by atoms with Gasteiger partial charge in [0.1, 0.15) is 11.8 Å². The summed E-state index contributed by atoms with van der Waals surface area (Å²) in [5.74, 6) is 1.49. The number of benzene rings is 1. The molecule has 7 nitrogen and oxygen atoms in total. The van der Waals surface area contributed by atoms with Crippen molar-refractivity contribution in [3.05, 3.63) is 65.6 Å². The summed E-state index contributed by atoms with van der Waals surface area (Å²) in [6, 6.07) is 10.3. The van der Waals surface area contributed by atoms with E-state index in [1.807, 2.05) is 24.3 Å². The number of pyridine rings is 1. The van der Waals surface area contributed by atoms with Crippen LogP contribution in [0.15, 0.2) is 60.1 Å². The molecule has 0 fully saturated rings. The van der Waals surface area contributed by atoms with E-state index in [-0.39, 0.29) is 23.0 Å². The highest BCUT2D eigenvalue weighted by Crippen LogP contribution is 2.45. The van der Waals surface area contributed by atoms with Crippen LogP contribution in [0.25, 0.3) is 11.4 Å². The number of aromatic hydroxyl groups is 1. The van der Waals surface area contributed by atoms with Gasteiger partial charge in [-0.2, -0.15) is 4.98 Å². The predicted molar refractivity (Wildman–Crippen MR) is 108 cm³/mol. The van der Waals surface area contributed by atoms with Crippen LogP contribution < -0.4 is 5.32 Å². The number of phenols is 1. The number of rotatable bonds is 2. The number of aromatic nitrogens is 4. The first-order valence-corrected chi connectivity index (χ1v) is 9.60. The third-order valence-electron chi connectivity index (χ3n) is 5.48. The second kappa shape index (κ2) is 6.27. The molecule has 1 unspecified atom stereocenters. The van der Waals surface area contributed by atoms with Gasteiger partial charge in [-0.05, 0) is 41.7 Å². The number of carbonyl (C=O) groups is 1. The first-order valence-electron chi connectivity index (χ1n) is 9.60. The molecule has 0 radical (unpaired) electrons. The van der Waals surface area contributed by atoms with Crippen LogP contribution in [0.2, 0.25) is 0 Å². The van der Waals surface area contributed by atoms with Gasteiger partial charge in [0.2, 0.25) is 5.95 Å². The Hall–Kier alpha value is -3.48. The smallest absolute Gasteiger partial charge is 0.226 e. The average molecular weight is 387 g/mol. The van der Waals surface area contributed by atoms with Crippen LogP contribution >= 0.6 is 0 Å². The second-order valence-corrected chi connectivity index (χ2v) is 8.39. The fourth-order valence-electron chi connectivity index (χ4n) is 4.20. The van der Waals surface area contributed by atoms with E-state index in [0.29, 0.717) is 18.2 Å². The fraction of sp³-hybridized carbons (Fsp3) is 0.273. The minimum absolute atomic E-state index is 0.113. The third kappa shape index (κ3) is 2.99. The number of fused-ring (bicyclic) bond motifs is 1. The molecule has 29 heavy (non-hydrogen) atoms. The third-order valence-corrected chi connectivity index (χ3v) is 5.48. The number of phenolic OH excluding ortho intramolecular Hbond substituents is 1. The number of carbonyl (C=O) groups excluding carboxylic acids is 1. The van der Waals surface area contributed by atoms with E-state index >= 15 is 0 Å². The van der Waals surface area contributed by atoms with Crippen molar-refractivity contribution in [1.82, 2.24) is 19.7 Å². The maximum absolute atomic E-state index is 13.2. The van der Waals surface area contributed by atoms with Crippen molar-refractivity contribution in [2.75, 3.05) is 5.32 Å². The minimum atomic E-state index is -0.381. The van der Waals surface area contributed by atoms with Gasteiger partial charge in [0.15, 0.2) is 11.6 Å². The Bertz CT molecular complexity index is 1130. The fourth-order valence-corrected chi connectivity index (χ4v) is 4.20. The Morgan fingerprint density at radius 3 is 2.55 bits per heavy atom. The summed E-state index contributed by atoms with van der Waals surface area (Å²) in [6.07, 6.45) is 4.66. The zero-order valence-corrected chi connectivity index (χ0v) is 16.3. The molecule has 146 valence electrons. The molecule has 3 aromatic rings. The van der Waals surface area contributed by atoms with Gasteiger partial charge in [-0.3, -0.25) is 9.78 Å². The van der Waals surface area contributed by atoms with Crippen LogP contribution in [-0.4, -0.2) is 30.6 Å². The molecule has 0 bridgehead atoms. The first kappa shape index (κ1) is 17.6. The van der Waals surface area contributed by atoms with Gasteiger partial charge >= 0.3 is 0 Å². The molecular weight excluding hydrogens is 366 g/mol. The van der Waals surface area contributed by atoms with Crippen LogP contribution in [0.5, 0.6) is 5.75 Å². The summed E-state index contributed by atoms with van der Waals surface area (Å²) in [6.45, 7) is 4.21. The van der Waals surface area contributed by atoms with E-state index in [9.17, 15) is 9.90 Å². The molecule has 1 atom stereocenters. The molecule has 2 aromatic heterocycles. The molecule has 2 aliphatic rings. The van der Waals surface area contributed by atoms with E-state index in [1.54, 1.807) is 29.2 Å². The van der Waals surface area contributed by atoms with Crippen molar-refractivity contribution in [1.29, 1.82) is 0 Å². The van der Waals surface area contributed by atoms with Gasteiger partial charge in [0.05, 0.1) is 0 Å². The molecule has 0 saturated carbocycles. The van der Waals surface area contributed by atoms with Crippen LogP contribution in [0.3, 0.4) is 0 Å². The Morgan fingerprint density at radius 1 is 1.10 bits per heavy atom. The summed E-state index contributed by atoms with van der Waals surface area (Å²) < 4.78 is 1.77. The predicted octanol–water partition coefficient (Wildman–Crippen LogP) is 3.70. The highest BCUT2D eigenvalue weighted by molar-refractivity contribution is 6.00. The summed E-state index contributed by atoms with van der Waals surface area (Å²) in [5, 5.41) is 17.8. The molecule has 1 aromatic carbocycles. The number of ketones is 1. The Labute approximate surface area is 168 Å². The maximum atomic E-state index is 13.2. The van der Waals surface area contributed by atoms with Gasteiger partial charge < -0.3 is 10.4 Å². The Balaban J connectivity index is 1.69. The lowest BCUT2D eigenvalue weighted by molar-refractivity contribution is -0.118.